The van der Waals surface area contributed by atoms with Gasteiger partial charge in [-0.1, -0.05) is 24.3 Å². The van der Waals surface area contributed by atoms with Gasteiger partial charge in [0.25, 0.3) is 11.8 Å². The number of amides is 3. The van der Waals surface area contributed by atoms with Crippen LogP contribution in [0.2, 0.25) is 0 Å². The van der Waals surface area contributed by atoms with E-state index in [9.17, 15) is 14.4 Å². The lowest BCUT2D eigenvalue weighted by Crippen LogP contribution is -2.35. The summed E-state index contributed by atoms with van der Waals surface area (Å²) in [5, 5.41) is 2.96. The molecule has 2 aliphatic carbocycles. The van der Waals surface area contributed by atoms with Gasteiger partial charge in [-0.05, 0) is 49.1 Å². The summed E-state index contributed by atoms with van der Waals surface area (Å²) < 4.78 is 0. The van der Waals surface area contributed by atoms with Crippen molar-refractivity contribution in [3.05, 3.63) is 65.4 Å². The van der Waals surface area contributed by atoms with E-state index in [2.05, 4.69) is 10.3 Å². The monoisotopic (exact) mass is 387 g/mol. The molecule has 0 radical (unpaired) electrons. The van der Waals surface area contributed by atoms with E-state index in [1.807, 2.05) is 42.5 Å². The maximum atomic E-state index is 12.7. The lowest BCUT2D eigenvalue weighted by molar-refractivity contribution is -0.123. The Balaban J connectivity index is 1.33. The highest BCUT2D eigenvalue weighted by atomic mass is 16.2. The molecule has 4 aliphatic rings. The molecule has 1 aromatic carbocycles. The Kier molecular flexibility index (Phi) is 4.27. The van der Waals surface area contributed by atoms with Crippen molar-refractivity contribution in [2.24, 2.45) is 16.8 Å². The highest BCUT2D eigenvalue weighted by molar-refractivity contribution is 6.13. The van der Waals surface area contributed by atoms with Crippen LogP contribution in [0.1, 0.15) is 25.7 Å². The summed E-state index contributed by atoms with van der Waals surface area (Å²) in [7, 11) is 0. The number of rotatable bonds is 2. The number of anilines is 1. The van der Waals surface area contributed by atoms with Crippen LogP contribution in [0.5, 0.6) is 0 Å². The molecule has 2 unspecified atom stereocenters. The number of carbonyl (C=O) groups excluding carboxylic acids is 3. The fourth-order valence-corrected chi connectivity index (χ4v) is 4.61. The van der Waals surface area contributed by atoms with E-state index < -0.39 is 5.92 Å². The van der Waals surface area contributed by atoms with E-state index in [1.165, 1.54) is 5.57 Å². The van der Waals surface area contributed by atoms with Crippen LogP contribution in [0.4, 0.5) is 5.69 Å². The molecule has 0 spiro atoms. The van der Waals surface area contributed by atoms with Crippen molar-refractivity contribution in [3.63, 3.8) is 0 Å². The first-order valence-corrected chi connectivity index (χ1v) is 10.0. The first-order valence-electron chi connectivity index (χ1n) is 10.0. The van der Waals surface area contributed by atoms with Crippen LogP contribution in [0.3, 0.4) is 0 Å². The predicted octanol–water partition coefficient (Wildman–Crippen LogP) is 2.69. The van der Waals surface area contributed by atoms with E-state index in [1.54, 1.807) is 11.0 Å². The van der Waals surface area contributed by atoms with Crippen molar-refractivity contribution in [1.29, 1.82) is 0 Å². The van der Waals surface area contributed by atoms with Crippen LogP contribution in [-0.4, -0.2) is 30.0 Å². The average molecular weight is 387 g/mol. The molecular formula is C23H21N3O3. The third-order valence-corrected chi connectivity index (χ3v) is 6.05. The van der Waals surface area contributed by atoms with Crippen molar-refractivity contribution in [1.82, 2.24) is 5.32 Å². The summed E-state index contributed by atoms with van der Waals surface area (Å²) in [6, 6.07) is 9.36. The second-order valence-electron chi connectivity index (χ2n) is 7.86. The van der Waals surface area contributed by atoms with Gasteiger partial charge in [0.15, 0.2) is 0 Å². The normalized spacial score (nSPS) is 27.1. The molecule has 2 heterocycles. The summed E-state index contributed by atoms with van der Waals surface area (Å²) in [4.78, 5) is 43.3. The van der Waals surface area contributed by atoms with E-state index in [0.717, 1.165) is 36.2 Å². The standard InChI is InChI=1S/C23H21N3O3/c27-21-11-14(13-26(21)16-5-2-1-3-6-16)22(28)24-15-9-10-18-17-7-4-8-19(17)23(29)25-20(18)12-15/h1-3,5-6,9-10,12,14,18H,4,7-8,11,13H2,(H,25,29). The Morgan fingerprint density at radius 1 is 1.14 bits per heavy atom. The molecule has 2 atom stereocenters. The zero-order valence-electron chi connectivity index (χ0n) is 15.9. The number of aliphatic imine (C=N–C) groups is 1. The van der Waals surface area contributed by atoms with Crippen molar-refractivity contribution < 1.29 is 14.4 Å². The summed E-state index contributed by atoms with van der Waals surface area (Å²) in [5.41, 5.74) is 4.22. The second kappa shape index (κ2) is 6.95. The SMILES string of the molecule is O=C1NC2=CC(=NC(=O)C3CC(=O)N(c4ccccc4)C3)C=CC2C2=C1CCC2. The van der Waals surface area contributed by atoms with E-state index in [-0.39, 0.29) is 30.1 Å². The van der Waals surface area contributed by atoms with E-state index in [0.29, 0.717) is 12.3 Å². The number of benzene rings is 1. The summed E-state index contributed by atoms with van der Waals surface area (Å²) >= 11 is 0. The molecule has 5 rings (SSSR count). The number of fused-ring (bicyclic) bond motifs is 2. The minimum Gasteiger partial charge on any atom is -0.325 e. The van der Waals surface area contributed by atoms with Gasteiger partial charge in [-0.25, -0.2) is 4.99 Å². The maximum absolute atomic E-state index is 12.7. The van der Waals surface area contributed by atoms with Crippen molar-refractivity contribution in [3.8, 4) is 0 Å². The van der Waals surface area contributed by atoms with Gasteiger partial charge in [0.2, 0.25) is 5.91 Å². The summed E-state index contributed by atoms with van der Waals surface area (Å²) in [6.07, 6.45) is 8.61. The van der Waals surface area contributed by atoms with Gasteiger partial charge in [0.05, 0.1) is 11.6 Å². The van der Waals surface area contributed by atoms with Crippen LogP contribution >= 0.6 is 0 Å². The zero-order chi connectivity index (χ0) is 20.0. The molecule has 29 heavy (non-hydrogen) atoms. The highest BCUT2D eigenvalue weighted by Crippen LogP contribution is 2.39. The Hall–Kier alpha value is -3.28. The third kappa shape index (κ3) is 3.14. The molecule has 1 aromatic rings. The Morgan fingerprint density at radius 2 is 1.97 bits per heavy atom. The number of nitrogens with one attached hydrogen (secondary N) is 1. The fraction of sp³-hybridized carbons (Fsp3) is 0.304. The van der Waals surface area contributed by atoms with Gasteiger partial charge in [-0.3, -0.25) is 14.4 Å². The first-order chi connectivity index (χ1) is 14.1. The Bertz CT molecular complexity index is 1030. The maximum Gasteiger partial charge on any atom is 0.251 e. The lowest BCUT2D eigenvalue weighted by atomic mass is 9.85. The number of allylic oxidation sites excluding steroid dienone is 3. The third-order valence-electron chi connectivity index (χ3n) is 6.05. The smallest absolute Gasteiger partial charge is 0.251 e. The Labute approximate surface area is 168 Å². The van der Waals surface area contributed by atoms with Crippen molar-refractivity contribution in [2.75, 3.05) is 11.4 Å². The lowest BCUT2D eigenvalue weighted by Gasteiger charge is -2.28. The molecule has 3 amide bonds. The van der Waals surface area contributed by atoms with Crippen LogP contribution in [0, 0.1) is 11.8 Å². The van der Waals surface area contributed by atoms with Crippen molar-refractivity contribution >= 4 is 29.1 Å². The van der Waals surface area contributed by atoms with E-state index in [4.69, 9.17) is 0 Å². The number of para-hydroxylation sites is 1. The summed E-state index contributed by atoms with van der Waals surface area (Å²) in [6.45, 7) is 0.342. The molecule has 6 nitrogen and oxygen atoms in total. The first kappa shape index (κ1) is 17.8. The van der Waals surface area contributed by atoms with Crippen molar-refractivity contribution in [2.45, 2.75) is 25.7 Å². The molecule has 6 heteroatoms. The quantitative estimate of drug-likeness (QED) is 0.847. The minimum atomic E-state index is -0.454. The van der Waals surface area contributed by atoms with Gasteiger partial charge >= 0.3 is 0 Å². The molecule has 146 valence electrons. The van der Waals surface area contributed by atoms with Crippen LogP contribution in [0.15, 0.2) is 70.4 Å². The molecule has 1 saturated heterocycles. The minimum absolute atomic E-state index is 0.0270. The second-order valence-corrected chi connectivity index (χ2v) is 7.86. The number of hydrogen-bond acceptors (Lipinski definition) is 3. The largest absolute Gasteiger partial charge is 0.325 e. The molecule has 0 bridgehead atoms. The van der Waals surface area contributed by atoms with Gasteiger partial charge in [-0.15, -0.1) is 0 Å². The predicted molar refractivity (Wildman–Crippen MR) is 109 cm³/mol. The number of carbonyl (C=O) groups is 3. The molecule has 2 aliphatic heterocycles. The van der Waals surface area contributed by atoms with Crippen LogP contribution < -0.4 is 10.2 Å². The van der Waals surface area contributed by atoms with Gasteiger partial charge in [0, 0.05) is 35.8 Å². The zero-order valence-corrected chi connectivity index (χ0v) is 15.9. The average Bonchev–Trinajstić information content (AvgIpc) is 3.36. The highest BCUT2D eigenvalue weighted by Gasteiger charge is 2.36. The van der Waals surface area contributed by atoms with E-state index >= 15 is 0 Å². The Morgan fingerprint density at radius 3 is 2.79 bits per heavy atom. The van der Waals surface area contributed by atoms with Crippen LogP contribution in [0.25, 0.3) is 0 Å². The van der Waals surface area contributed by atoms with Gasteiger partial charge < -0.3 is 10.2 Å². The fourth-order valence-electron chi connectivity index (χ4n) is 4.61. The number of nitrogens with zero attached hydrogens (tertiary/aromatic N) is 2. The van der Waals surface area contributed by atoms with Crippen LogP contribution in [-0.2, 0) is 14.4 Å². The summed E-state index contributed by atoms with van der Waals surface area (Å²) in [5.74, 6) is -0.756. The molecular weight excluding hydrogens is 366 g/mol. The molecule has 1 fully saturated rings. The topological polar surface area (TPSA) is 78.8 Å². The number of hydrogen-bond donors (Lipinski definition) is 1. The molecule has 1 N–H and O–H groups in total. The van der Waals surface area contributed by atoms with Gasteiger partial charge in [-0.2, -0.15) is 0 Å². The molecule has 0 saturated carbocycles. The molecule has 0 aromatic heterocycles. The van der Waals surface area contributed by atoms with Gasteiger partial charge in [0.1, 0.15) is 0 Å².